The summed E-state index contributed by atoms with van der Waals surface area (Å²) in [5.74, 6) is 0.0840. The number of thioether (sulfide) groups is 1. The Kier molecular flexibility index (Phi) is 5.03. The lowest BCUT2D eigenvalue weighted by Crippen LogP contribution is -2.25. The third kappa shape index (κ3) is 3.66. The molecule has 0 fully saturated rings. The Hall–Kier alpha value is -2.19. The Bertz CT molecular complexity index is 998. The van der Waals surface area contributed by atoms with Gasteiger partial charge in [-0.3, -0.25) is 14.6 Å². The fourth-order valence-corrected chi connectivity index (χ4v) is 5.10. The molecule has 3 aromatic heterocycles. The molecule has 26 heavy (non-hydrogen) atoms. The molecule has 0 spiro atoms. The van der Waals surface area contributed by atoms with E-state index in [1.165, 1.54) is 28.6 Å². The maximum Gasteiger partial charge on any atom is 0.260 e. The zero-order valence-corrected chi connectivity index (χ0v) is 15.7. The summed E-state index contributed by atoms with van der Waals surface area (Å²) in [5.41, 5.74) is 1.89. The average molecular weight is 387 g/mol. The van der Waals surface area contributed by atoms with Gasteiger partial charge >= 0.3 is 0 Å². The van der Waals surface area contributed by atoms with Gasteiger partial charge in [0.2, 0.25) is 5.91 Å². The summed E-state index contributed by atoms with van der Waals surface area (Å²) in [6.07, 6.45) is 6.00. The summed E-state index contributed by atoms with van der Waals surface area (Å²) in [4.78, 5) is 38.1. The summed E-state index contributed by atoms with van der Waals surface area (Å²) >= 11 is 2.86. The van der Waals surface area contributed by atoms with Crippen molar-refractivity contribution in [3.63, 3.8) is 0 Å². The van der Waals surface area contributed by atoms with Crippen molar-refractivity contribution in [2.24, 2.45) is 0 Å². The van der Waals surface area contributed by atoms with Crippen LogP contribution in [0.2, 0.25) is 0 Å². The topological polar surface area (TPSA) is 87.7 Å². The Morgan fingerprint density at radius 3 is 3.04 bits per heavy atom. The first-order chi connectivity index (χ1) is 12.7. The van der Waals surface area contributed by atoms with Crippen molar-refractivity contribution in [2.45, 2.75) is 37.4 Å². The van der Waals surface area contributed by atoms with Gasteiger partial charge in [0.05, 0.1) is 23.4 Å². The zero-order valence-electron chi connectivity index (χ0n) is 14.1. The molecular weight excluding hydrogens is 368 g/mol. The number of aromatic nitrogens is 3. The molecule has 0 saturated heterocycles. The maximum absolute atomic E-state index is 12.5. The minimum atomic E-state index is -0.117. The summed E-state index contributed by atoms with van der Waals surface area (Å²) in [7, 11) is 0. The van der Waals surface area contributed by atoms with Crippen LogP contribution in [0.4, 0.5) is 0 Å². The van der Waals surface area contributed by atoms with E-state index in [1.807, 2.05) is 18.2 Å². The van der Waals surface area contributed by atoms with Gasteiger partial charge in [-0.15, -0.1) is 11.3 Å². The van der Waals surface area contributed by atoms with Gasteiger partial charge in [-0.25, -0.2) is 4.98 Å². The molecule has 0 saturated carbocycles. The van der Waals surface area contributed by atoms with Gasteiger partial charge in [-0.1, -0.05) is 17.8 Å². The van der Waals surface area contributed by atoms with Crippen LogP contribution < -0.4 is 10.9 Å². The Labute approximate surface area is 158 Å². The Balaban J connectivity index is 1.42. The number of H-pyrrole nitrogens is 1. The van der Waals surface area contributed by atoms with Crippen molar-refractivity contribution in [3.05, 3.63) is 50.9 Å². The van der Waals surface area contributed by atoms with E-state index in [2.05, 4.69) is 20.3 Å². The standard InChI is InChI=1S/C18H18N4O2S2/c23-14(20-9-11-5-3-4-8-19-11)10-25-18-21-16(24)15-12-6-1-2-7-13(12)26-17(15)22-18/h3-5,8H,1-2,6-7,9-10H2,(H,20,23)(H,21,22,24). The van der Waals surface area contributed by atoms with E-state index in [4.69, 9.17) is 0 Å². The number of thiophene rings is 1. The average Bonchev–Trinajstić information content (AvgIpc) is 3.04. The van der Waals surface area contributed by atoms with E-state index in [9.17, 15) is 9.59 Å². The SMILES string of the molecule is O=C(CSc1nc2sc3c(c2c(=O)[nH]1)CCCC3)NCc1ccccn1. The largest absolute Gasteiger partial charge is 0.350 e. The highest BCUT2D eigenvalue weighted by molar-refractivity contribution is 7.99. The molecule has 2 N–H and O–H groups in total. The Morgan fingerprint density at radius 1 is 1.31 bits per heavy atom. The van der Waals surface area contributed by atoms with Crippen molar-refractivity contribution >= 4 is 39.2 Å². The minimum Gasteiger partial charge on any atom is -0.350 e. The monoisotopic (exact) mass is 386 g/mol. The number of hydrogen-bond donors (Lipinski definition) is 2. The van der Waals surface area contributed by atoms with Crippen LogP contribution in [-0.2, 0) is 24.2 Å². The maximum atomic E-state index is 12.5. The number of amides is 1. The molecule has 0 aromatic carbocycles. The van der Waals surface area contributed by atoms with Crippen LogP contribution in [0.15, 0.2) is 34.3 Å². The number of nitrogens with zero attached hydrogens (tertiary/aromatic N) is 2. The number of hydrogen-bond acceptors (Lipinski definition) is 6. The van der Waals surface area contributed by atoms with Crippen LogP contribution in [-0.4, -0.2) is 26.6 Å². The molecule has 0 unspecified atom stereocenters. The quantitative estimate of drug-likeness (QED) is 0.520. The molecule has 1 aliphatic rings. The number of carbonyl (C=O) groups is 1. The number of carbonyl (C=O) groups excluding carboxylic acids is 1. The molecular formula is C18H18N4O2S2. The lowest BCUT2D eigenvalue weighted by molar-refractivity contribution is -0.118. The highest BCUT2D eigenvalue weighted by Crippen LogP contribution is 2.34. The van der Waals surface area contributed by atoms with Gasteiger partial charge in [0.15, 0.2) is 5.16 Å². The molecule has 8 heteroatoms. The number of nitrogens with one attached hydrogen (secondary N) is 2. The van der Waals surface area contributed by atoms with E-state index in [0.29, 0.717) is 11.7 Å². The first-order valence-electron chi connectivity index (χ1n) is 8.54. The van der Waals surface area contributed by atoms with Crippen LogP contribution in [0.3, 0.4) is 0 Å². The van der Waals surface area contributed by atoms with Gasteiger partial charge in [0, 0.05) is 11.1 Å². The molecule has 3 aromatic rings. The molecule has 0 aliphatic heterocycles. The summed E-state index contributed by atoms with van der Waals surface area (Å²) in [5, 5.41) is 4.06. The predicted octanol–water partition coefficient (Wildman–Crippen LogP) is 2.67. The van der Waals surface area contributed by atoms with Crippen LogP contribution >= 0.6 is 23.1 Å². The lowest BCUT2D eigenvalue weighted by Gasteiger charge is -2.09. The van der Waals surface area contributed by atoms with E-state index in [-0.39, 0.29) is 17.2 Å². The predicted molar refractivity (Wildman–Crippen MR) is 104 cm³/mol. The van der Waals surface area contributed by atoms with Gasteiger partial charge in [-0.2, -0.15) is 0 Å². The van der Waals surface area contributed by atoms with Crippen molar-refractivity contribution < 1.29 is 4.79 Å². The molecule has 3 heterocycles. The van der Waals surface area contributed by atoms with Crippen molar-refractivity contribution in [1.29, 1.82) is 0 Å². The van der Waals surface area contributed by atoms with Gasteiger partial charge in [0.1, 0.15) is 4.83 Å². The highest BCUT2D eigenvalue weighted by Gasteiger charge is 2.20. The molecule has 6 nitrogen and oxygen atoms in total. The second-order valence-corrected chi connectivity index (χ2v) is 8.20. The zero-order chi connectivity index (χ0) is 17.9. The molecule has 1 aliphatic carbocycles. The van der Waals surface area contributed by atoms with Crippen LogP contribution in [0.1, 0.15) is 29.0 Å². The second kappa shape index (κ2) is 7.59. The normalized spacial score (nSPS) is 13.5. The summed E-state index contributed by atoms with van der Waals surface area (Å²) < 4.78 is 0. The van der Waals surface area contributed by atoms with Gasteiger partial charge in [0.25, 0.3) is 5.56 Å². The van der Waals surface area contributed by atoms with Gasteiger partial charge in [-0.05, 0) is 43.4 Å². The Morgan fingerprint density at radius 2 is 2.19 bits per heavy atom. The van der Waals surface area contributed by atoms with E-state index >= 15 is 0 Å². The number of rotatable bonds is 5. The number of fused-ring (bicyclic) bond motifs is 3. The van der Waals surface area contributed by atoms with Crippen LogP contribution in [0.25, 0.3) is 10.2 Å². The van der Waals surface area contributed by atoms with Crippen molar-refractivity contribution in [2.75, 3.05) is 5.75 Å². The fourth-order valence-electron chi connectivity index (χ4n) is 3.09. The number of aromatic amines is 1. The molecule has 134 valence electrons. The molecule has 0 bridgehead atoms. The van der Waals surface area contributed by atoms with Gasteiger partial charge < -0.3 is 10.3 Å². The third-order valence-electron chi connectivity index (χ3n) is 4.34. The smallest absolute Gasteiger partial charge is 0.260 e. The van der Waals surface area contributed by atoms with E-state index in [0.717, 1.165) is 35.2 Å². The van der Waals surface area contributed by atoms with Crippen LogP contribution in [0, 0.1) is 0 Å². The first-order valence-corrected chi connectivity index (χ1v) is 10.3. The summed E-state index contributed by atoms with van der Waals surface area (Å²) in [6.45, 7) is 0.390. The number of aryl methyl sites for hydroxylation is 2. The van der Waals surface area contributed by atoms with E-state index in [1.54, 1.807) is 17.5 Å². The van der Waals surface area contributed by atoms with Crippen LogP contribution in [0.5, 0.6) is 0 Å². The van der Waals surface area contributed by atoms with Crippen molar-refractivity contribution in [3.8, 4) is 0 Å². The lowest BCUT2D eigenvalue weighted by atomic mass is 9.97. The highest BCUT2D eigenvalue weighted by atomic mass is 32.2. The molecule has 0 radical (unpaired) electrons. The third-order valence-corrected chi connectivity index (χ3v) is 6.40. The molecule has 4 rings (SSSR count). The summed E-state index contributed by atoms with van der Waals surface area (Å²) in [6, 6.07) is 5.58. The van der Waals surface area contributed by atoms with Crippen molar-refractivity contribution in [1.82, 2.24) is 20.3 Å². The number of pyridine rings is 1. The minimum absolute atomic E-state index is 0.0919. The second-order valence-electron chi connectivity index (χ2n) is 6.15. The molecule has 0 atom stereocenters. The first kappa shape index (κ1) is 17.2. The van der Waals surface area contributed by atoms with E-state index < -0.39 is 0 Å². The fraction of sp³-hybridized carbons (Fsp3) is 0.333. The molecule has 1 amide bonds.